The second-order valence-corrected chi connectivity index (χ2v) is 5.59. The summed E-state index contributed by atoms with van der Waals surface area (Å²) < 4.78 is 13.3. The van der Waals surface area contributed by atoms with Gasteiger partial charge in [0.25, 0.3) is 0 Å². The maximum absolute atomic E-state index is 13.3. The van der Waals surface area contributed by atoms with Crippen LogP contribution >= 0.6 is 35.0 Å². The van der Waals surface area contributed by atoms with E-state index in [-0.39, 0.29) is 12.4 Å². The van der Waals surface area contributed by atoms with E-state index in [0.717, 1.165) is 4.90 Å². The van der Waals surface area contributed by atoms with Gasteiger partial charge in [-0.05, 0) is 42.0 Å². The molecule has 0 spiro atoms. The first-order valence-corrected chi connectivity index (χ1v) is 6.69. The van der Waals surface area contributed by atoms with E-state index >= 15 is 0 Å². The number of halogens is 3. The van der Waals surface area contributed by atoms with Gasteiger partial charge < -0.3 is 5.11 Å². The van der Waals surface area contributed by atoms with Crippen molar-refractivity contribution in [2.45, 2.75) is 16.4 Å². The fourth-order valence-corrected chi connectivity index (χ4v) is 2.91. The van der Waals surface area contributed by atoms with E-state index in [0.29, 0.717) is 20.5 Å². The van der Waals surface area contributed by atoms with Crippen LogP contribution in [0.4, 0.5) is 4.39 Å². The Balaban J connectivity index is 2.33. The van der Waals surface area contributed by atoms with Crippen molar-refractivity contribution in [2.24, 2.45) is 0 Å². The van der Waals surface area contributed by atoms with Gasteiger partial charge in [-0.25, -0.2) is 4.39 Å². The molecule has 0 heterocycles. The fraction of sp³-hybridized carbons (Fsp3) is 0.0769. The van der Waals surface area contributed by atoms with Gasteiger partial charge in [-0.2, -0.15) is 0 Å². The molecule has 2 aromatic rings. The number of hydrogen-bond donors (Lipinski definition) is 1. The van der Waals surface area contributed by atoms with E-state index in [1.165, 1.54) is 23.9 Å². The van der Waals surface area contributed by atoms with Gasteiger partial charge in [0.2, 0.25) is 0 Å². The van der Waals surface area contributed by atoms with E-state index in [1.54, 1.807) is 24.3 Å². The molecule has 0 fully saturated rings. The largest absolute Gasteiger partial charge is 0.392 e. The van der Waals surface area contributed by atoms with Crippen LogP contribution in [0.2, 0.25) is 10.0 Å². The Kier molecular flexibility index (Phi) is 4.51. The first kappa shape index (κ1) is 13.7. The zero-order chi connectivity index (χ0) is 13.1. The summed E-state index contributed by atoms with van der Waals surface area (Å²) in [6.07, 6.45) is 0. The lowest BCUT2D eigenvalue weighted by molar-refractivity contribution is 0.281. The van der Waals surface area contributed by atoms with Crippen LogP contribution in [-0.2, 0) is 6.61 Å². The number of benzene rings is 2. The molecular weight excluding hydrogens is 294 g/mol. The molecule has 0 saturated carbocycles. The van der Waals surface area contributed by atoms with E-state index in [4.69, 9.17) is 28.3 Å². The molecule has 0 aliphatic heterocycles. The molecule has 1 nitrogen and oxygen atoms in total. The lowest BCUT2D eigenvalue weighted by atomic mass is 10.2. The molecule has 2 rings (SSSR count). The summed E-state index contributed by atoms with van der Waals surface area (Å²) in [7, 11) is 0. The number of hydrogen-bond acceptors (Lipinski definition) is 2. The molecule has 1 N–H and O–H groups in total. The Morgan fingerprint density at radius 3 is 2.61 bits per heavy atom. The normalized spacial score (nSPS) is 10.7. The van der Waals surface area contributed by atoms with Crippen LogP contribution in [0.15, 0.2) is 46.2 Å². The molecular formula is C13H9Cl2FOS. The monoisotopic (exact) mass is 302 g/mol. The van der Waals surface area contributed by atoms with Gasteiger partial charge in [0.1, 0.15) is 5.82 Å². The highest BCUT2D eigenvalue weighted by Gasteiger charge is 2.06. The van der Waals surface area contributed by atoms with Crippen molar-refractivity contribution in [3.05, 3.63) is 57.8 Å². The lowest BCUT2D eigenvalue weighted by Gasteiger charge is -2.06. The Hall–Kier alpha value is -0.740. The molecule has 2 aromatic carbocycles. The van der Waals surface area contributed by atoms with Crippen LogP contribution in [0.5, 0.6) is 0 Å². The predicted molar refractivity (Wildman–Crippen MR) is 72.9 cm³/mol. The highest BCUT2D eigenvalue weighted by molar-refractivity contribution is 7.99. The van der Waals surface area contributed by atoms with Gasteiger partial charge >= 0.3 is 0 Å². The molecule has 18 heavy (non-hydrogen) atoms. The molecule has 0 aromatic heterocycles. The van der Waals surface area contributed by atoms with E-state index in [2.05, 4.69) is 0 Å². The average Bonchev–Trinajstić information content (AvgIpc) is 2.33. The standard InChI is InChI=1S/C13H9Cl2FOS/c14-9-1-2-12(15)13(5-9)18-11-4-8(7-17)3-10(16)6-11/h1-6,17H,7H2. The fourth-order valence-electron chi connectivity index (χ4n) is 1.45. The summed E-state index contributed by atoms with van der Waals surface area (Å²) >= 11 is 13.2. The Morgan fingerprint density at radius 1 is 1.11 bits per heavy atom. The van der Waals surface area contributed by atoms with Crippen molar-refractivity contribution in [1.29, 1.82) is 0 Å². The van der Waals surface area contributed by atoms with E-state index in [1.807, 2.05) is 0 Å². The van der Waals surface area contributed by atoms with Gasteiger partial charge in [0.15, 0.2) is 0 Å². The van der Waals surface area contributed by atoms with Crippen LogP contribution in [0.1, 0.15) is 5.56 Å². The molecule has 5 heteroatoms. The SMILES string of the molecule is OCc1cc(F)cc(Sc2cc(Cl)ccc2Cl)c1. The molecule has 0 radical (unpaired) electrons. The lowest BCUT2D eigenvalue weighted by Crippen LogP contribution is -1.87. The van der Waals surface area contributed by atoms with Crippen molar-refractivity contribution >= 4 is 35.0 Å². The number of rotatable bonds is 3. The highest BCUT2D eigenvalue weighted by atomic mass is 35.5. The number of aliphatic hydroxyl groups is 1. The molecule has 0 aliphatic rings. The van der Waals surface area contributed by atoms with Crippen LogP contribution in [0.3, 0.4) is 0 Å². The second kappa shape index (κ2) is 5.93. The van der Waals surface area contributed by atoms with Crippen molar-refractivity contribution in [3.63, 3.8) is 0 Å². The quantitative estimate of drug-likeness (QED) is 0.881. The zero-order valence-corrected chi connectivity index (χ0v) is 11.5. The summed E-state index contributed by atoms with van der Waals surface area (Å²) in [5.74, 6) is -0.387. The smallest absolute Gasteiger partial charge is 0.124 e. The summed E-state index contributed by atoms with van der Waals surface area (Å²) in [6.45, 7) is -0.200. The van der Waals surface area contributed by atoms with Crippen molar-refractivity contribution in [3.8, 4) is 0 Å². The minimum atomic E-state index is -0.387. The summed E-state index contributed by atoms with van der Waals surface area (Å²) in [5, 5.41) is 10.2. The minimum Gasteiger partial charge on any atom is -0.392 e. The average molecular weight is 303 g/mol. The zero-order valence-electron chi connectivity index (χ0n) is 9.16. The third kappa shape index (κ3) is 3.39. The van der Waals surface area contributed by atoms with E-state index in [9.17, 15) is 4.39 Å². The van der Waals surface area contributed by atoms with Gasteiger partial charge in [-0.3, -0.25) is 0 Å². The molecule has 0 bridgehead atoms. The highest BCUT2D eigenvalue weighted by Crippen LogP contribution is 2.35. The predicted octanol–water partition coefficient (Wildman–Crippen LogP) is 4.78. The maximum atomic E-state index is 13.3. The van der Waals surface area contributed by atoms with Gasteiger partial charge in [-0.15, -0.1) is 0 Å². The second-order valence-electron chi connectivity index (χ2n) is 3.63. The van der Waals surface area contributed by atoms with E-state index < -0.39 is 0 Å². The topological polar surface area (TPSA) is 20.2 Å². The Bertz CT molecular complexity index is 575. The molecule has 0 saturated heterocycles. The van der Waals surface area contributed by atoms with Crippen LogP contribution in [0, 0.1) is 5.82 Å². The first-order valence-electron chi connectivity index (χ1n) is 5.12. The van der Waals surface area contributed by atoms with Gasteiger partial charge in [-0.1, -0.05) is 35.0 Å². The van der Waals surface area contributed by atoms with Crippen molar-refractivity contribution in [2.75, 3.05) is 0 Å². The Labute approximate surface area is 119 Å². The van der Waals surface area contributed by atoms with Crippen LogP contribution < -0.4 is 0 Å². The van der Waals surface area contributed by atoms with Crippen molar-refractivity contribution < 1.29 is 9.50 Å². The third-order valence-corrected chi connectivity index (χ3v) is 3.94. The number of aliphatic hydroxyl groups excluding tert-OH is 1. The molecule has 0 atom stereocenters. The summed E-state index contributed by atoms with van der Waals surface area (Å²) in [6, 6.07) is 9.50. The van der Waals surface area contributed by atoms with Crippen molar-refractivity contribution in [1.82, 2.24) is 0 Å². The van der Waals surface area contributed by atoms with Crippen LogP contribution in [0.25, 0.3) is 0 Å². The minimum absolute atomic E-state index is 0.200. The maximum Gasteiger partial charge on any atom is 0.124 e. The summed E-state index contributed by atoms with van der Waals surface area (Å²) in [5.41, 5.74) is 0.524. The summed E-state index contributed by atoms with van der Waals surface area (Å²) in [4.78, 5) is 1.42. The first-order chi connectivity index (χ1) is 8.58. The van der Waals surface area contributed by atoms with Gasteiger partial charge in [0.05, 0.1) is 11.6 Å². The van der Waals surface area contributed by atoms with Crippen LogP contribution in [-0.4, -0.2) is 5.11 Å². The molecule has 0 aliphatic carbocycles. The molecule has 0 amide bonds. The molecule has 94 valence electrons. The Morgan fingerprint density at radius 2 is 1.89 bits per heavy atom. The molecule has 0 unspecified atom stereocenters. The third-order valence-electron chi connectivity index (χ3n) is 2.23. The van der Waals surface area contributed by atoms with Gasteiger partial charge in [0, 0.05) is 14.8 Å².